The van der Waals surface area contributed by atoms with Crippen molar-refractivity contribution >= 4 is 51.0 Å². The molecule has 306 valence electrons. The van der Waals surface area contributed by atoms with Crippen LogP contribution in [0.3, 0.4) is 0 Å². The summed E-state index contributed by atoms with van der Waals surface area (Å²) in [4.78, 5) is 59.6. The van der Waals surface area contributed by atoms with Gasteiger partial charge in [0.15, 0.2) is 0 Å². The van der Waals surface area contributed by atoms with E-state index in [9.17, 15) is 32.3 Å². The molecule has 0 radical (unpaired) electrons. The van der Waals surface area contributed by atoms with Crippen molar-refractivity contribution in [2.24, 2.45) is 18.9 Å². The van der Waals surface area contributed by atoms with Crippen LogP contribution >= 0.6 is 0 Å². The van der Waals surface area contributed by atoms with Crippen LogP contribution in [0.5, 0.6) is 5.75 Å². The molecule has 1 unspecified atom stereocenters. The number of nitrogens with one attached hydrogen (secondary N) is 3. The highest BCUT2D eigenvalue weighted by Gasteiger charge is 2.36. The summed E-state index contributed by atoms with van der Waals surface area (Å²) in [6, 6.07) is 9.85. The molecular weight excluding hydrogens is 757 g/mol. The summed E-state index contributed by atoms with van der Waals surface area (Å²) in [7, 11) is 3.18. The molecule has 58 heavy (non-hydrogen) atoms. The normalized spacial score (nSPS) is 20.8. The minimum absolute atomic E-state index is 0.200. The minimum Gasteiger partial charge on any atom is -0.494 e. The van der Waals surface area contributed by atoms with E-state index < -0.39 is 35.6 Å². The van der Waals surface area contributed by atoms with Crippen LogP contribution in [0.15, 0.2) is 53.6 Å². The Kier molecular flexibility index (Phi) is 10.7. The van der Waals surface area contributed by atoms with Gasteiger partial charge in [-0.1, -0.05) is 6.07 Å². The molecule has 0 spiro atoms. The lowest BCUT2D eigenvalue weighted by Gasteiger charge is -2.35. The highest BCUT2D eigenvalue weighted by Crippen LogP contribution is 2.36. The molecule has 3 fully saturated rings. The van der Waals surface area contributed by atoms with Gasteiger partial charge in [0, 0.05) is 50.4 Å². The minimum atomic E-state index is -4.78. The fraction of sp³-hybridized carbons (Fsp3) is 0.475. The van der Waals surface area contributed by atoms with Crippen LogP contribution in [0.25, 0.3) is 21.9 Å². The van der Waals surface area contributed by atoms with E-state index in [0.717, 1.165) is 93.6 Å². The molecule has 1 atom stereocenters. The molecule has 2 aliphatic heterocycles. The van der Waals surface area contributed by atoms with Crippen LogP contribution in [-0.2, 0) is 22.8 Å². The van der Waals surface area contributed by atoms with E-state index >= 15 is 0 Å². The van der Waals surface area contributed by atoms with E-state index in [1.807, 2.05) is 29.1 Å². The monoisotopic (exact) mass is 802 g/mol. The molecule has 18 heteroatoms. The van der Waals surface area contributed by atoms with Crippen LogP contribution in [0.4, 0.5) is 24.5 Å². The average molecular weight is 803 g/mol. The molecule has 1 aliphatic carbocycles. The van der Waals surface area contributed by atoms with E-state index in [4.69, 9.17) is 9.84 Å². The number of imide groups is 1. The number of ether oxygens (including phenoxy) is 1. The van der Waals surface area contributed by atoms with Gasteiger partial charge in [-0.15, -0.1) is 0 Å². The quantitative estimate of drug-likeness (QED) is 0.164. The van der Waals surface area contributed by atoms with Crippen LogP contribution in [0.2, 0.25) is 0 Å². The number of benzene rings is 2. The third kappa shape index (κ3) is 7.76. The molecule has 3 aliphatic rings. The summed E-state index contributed by atoms with van der Waals surface area (Å²) in [6.45, 7) is 3.60. The highest BCUT2D eigenvalue weighted by molar-refractivity contribution is 6.05. The molecule has 5 aromatic rings. The van der Waals surface area contributed by atoms with Crippen molar-refractivity contribution in [1.29, 1.82) is 0 Å². The van der Waals surface area contributed by atoms with Gasteiger partial charge < -0.3 is 20.3 Å². The van der Waals surface area contributed by atoms with Crippen LogP contribution < -0.4 is 31.3 Å². The Morgan fingerprint density at radius 2 is 1.72 bits per heavy atom. The number of hydrogen-bond donors (Lipinski definition) is 3. The lowest BCUT2D eigenvalue weighted by molar-refractivity contribution is -0.145. The largest absolute Gasteiger partial charge is 0.494 e. The number of anilines is 2. The number of carbonyl (C=O) groups is 3. The first-order valence-electron chi connectivity index (χ1n) is 19.7. The van der Waals surface area contributed by atoms with Gasteiger partial charge >= 0.3 is 11.9 Å². The zero-order valence-corrected chi connectivity index (χ0v) is 32.2. The van der Waals surface area contributed by atoms with Crippen molar-refractivity contribution in [3.05, 3.63) is 70.8 Å². The number of fused-ring (bicyclic) bond motifs is 2. The summed E-state index contributed by atoms with van der Waals surface area (Å²) < 4.78 is 49.9. The number of methoxy groups -OCH3 is 1. The first-order valence-corrected chi connectivity index (χ1v) is 19.7. The Labute approximate surface area is 330 Å². The molecule has 15 nitrogen and oxygen atoms in total. The van der Waals surface area contributed by atoms with Crippen molar-refractivity contribution in [3.63, 3.8) is 0 Å². The third-order valence-corrected chi connectivity index (χ3v) is 11.8. The van der Waals surface area contributed by atoms with Gasteiger partial charge in [0.1, 0.15) is 17.5 Å². The maximum absolute atomic E-state index is 13.4. The summed E-state index contributed by atoms with van der Waals surface area (Å²) >= 11 is 0. The number of nitrogens with zero attached hydrogens (tertiary/aromatic N) is 7. The van der Waals surface area contributed by atoms with E-state index in [0.29, 0.717) is 40.7 Å². The predicted molar refractivity (Wildman–Crippen MR) is 209 cm³/mol. The SMILES string of the molecule is COc1cc2nn(C3CCC(CNCC4CCN(c5cccc6c5n(C)c(=O)n6C5CCC(=O)NC5=O)CC4)CC3)cc2cc1NC(=O)c1ccnc(C(F)(F)F)n1. The Hall–Kier alpha value is -5.78. The van der Waals surface area contributed by atoms with Crippen molar-refractivity contribution in [2.45, 2.75) is 69.6 Å². The number of hydrogen-bond acceptors (Lipinski definition) is 10. The number of rotatable bonds is 10. The number of halogens is 3. The van der Waals surface area contributed by atoms with Crippen LogP contribution in [-0.4, -0.2) is 79.9 Å². The molecule has 8 rings (SSSR count). The molecule has 2 aromatic carbocycles. The molecule has 3 aromatic heterocycles. The Morgan fingerprint density at radius 1 is 0.983 bits per heavy atom. The molecule has 0 bridgehead atoms. The number of piperidine rings is 2. The van der Waals surface area contributed by atoms with Gasteiger partial charge in [0.25, 0.3) is 5.91 Å². The second-order valence-electron chi connectivity index (χ2n) is 15.5. The highest BCUT2D eigenvalue weighted by atomic mass is 19.4. The van der Waals surface area contributed by atoms with Gasteiger partial charge in [0.2, 0.25) is 17.6 Å². The van der Waals surface area contributed by atoms with Gasteiger partial charge in [-0.25, -0.2) is 14.8 Å². The third-order valence-electron chi connectivity index (χ3n) is 11.8. The van der Waals surface area contributed by atoms with E-state index in [-0.39, 0.29) is 24.1 Å². The maximum Gasteiger partial charge on any atom is 0.451 e. The van der Waals surface area contributed by atoms with E-state index in [2.05, 4.69) is 30.8 Å². The van der Waals surface area contributed by atoms with E-state index in [1.54, 1.807) is 23.7 Å². The molecular formula is C40H45F3N10O5. The summed E-state index contributed by atoms with van der Waals surface area (Å²) in [5.41, 5.74) is 2.76. The fourth-order valence-corrected chi connectivity index (χ4v) is 8.72. The van der Waals surface area contributed by atoms with Gasteiger partial charge in [-0.3, -0.25) is 33.5 Å². The molecule has 3 N–H and O–H groups in total. The second-order valence-corrected chi connectivity index (χ2v) is 15.5. The van der Waals surface area contributed by atoms with Crippen molar-refractivity contribution < 1.29 is 32.3 Å². The number of alkyl halides is 3. The van der Waals surface area contributed by atoms with Gasteiger partial charge in [-0.2, -0.15) is 18.3 Å². The first kappa shape index (κ1) is 39.1. The topological polar surface area (TPSA) is 170 Å². The first-order chi connectivity index (χ1) is 27.9. The Morgan fingerprint density at radius 3 is 2.43 bits per heavy atom. The number of para-hydroxylation sites is 1. The van der Waals surface area contributed by atoms with Gasteiger partial charge in [-0.05, 0) is 94.1 Å². The number of aromatic nitrogens is 6. The van der Waals surface area contributed by atoms with Crippen molar-refractivity contribution in [1.82, 2.24) is 39.5 Å². The average Bonchev–Trinajstić information content (AvgIpc) is 3.75. The fourth-order valence-electron chi connectivity index (χ4n) is 8.72. The Balaban J connectivity index is 0.824. The maximum atomic E-state index is 13.4. The lowest BCUT2D eigenvalue weighted by atomic mass is 9.86. The van der Waals surface area contributed by atoms with Crippen LogP contribution in [0, 0.1) is 11.8 Å². The molecule has 2 saturated heterocycles. The summed E-state index contributed by atoms with van der Waals surface area (Å²) in [5.74, 6) is -1.56. The number of amides is 3. The van der Waals surface area contributed by atoms with Crippen LogP contribution in [0.1, 0.15) is 79.8 Å². The number of aryl methyl sites for hydroxylation is 1. The Bertz CT molecular complexity index is 2430. The summed E-state index contributed by atoms with van der Waals surface area (Å²) in [6.07, 6.45) is 4.62. The number of carbonyl (C=O) groups excluding carboxylic acids is 3. The number of imidazole rings is 1. The zero-order chi connectivity index (χ0) is 40.7. The predicted octanol–water partition coefficient (Wildman–Crippen LogP) is 4.97. The molecule has 5 heterocycles. The summed E-state index contributed by atoms with van der Waals surface area (Å²) in [5, 5.41) is 14.3. The van der Waals surface area contributed by atoms with Crippen molar-refractivity contribution in [3.8, 4) is 5.75 Å². The zero-order valence-electron chi connectivity index (χ0n) is 32.2. The standard InChI is InChI=1S/C40H45F3N10O5/c1-50-35-30(4-3-5-31(35)53(39(50)57)32-10-11-34(54)48-37(32)56)51-16-13-24(14-17-51)21-44-20-23-6-8-26(9-7-23)52-22-25-18-29(33(58-2)19-28(25)49-52)46-36(55)27-12-15-45-38(47-27)40(41,42)43/h3-5,12,15,18-19,22-24,26,32,44H,6-11,13-14,16-17,20-21H2,1-2H3,(H,46,55)(H,48,54,56). The lowest BCUT2D eigenvalue weighted by Crippen LogP contribution is -2.44. The molecule has 1 saturated carbocycles. The molecule has 3 amide bonds. The van der Waals surface area contributed by atoms with Gasteiger partial charge in [0.05, 0.1) is 41.1 Å². The smallest absolute Gasteiger partial charge is 0.451 e. The van der Waals surface area contributed by atoms with E-state index in [1.165, 1.54) is 11.7 Å². The second kappa shape index (κ2) is 15.9. The van der Waals surface area contributed by atoms with Crippen molar-refractivity contribution in [2.75, 3.05) is 43.5 Å².